The van der Waals surface area contributed by atoms with Crippen molar-refractivity contribution in [1.29, 1.82) is 0 Å². The summed E-state index contributed by atoms with van der Waals surface area (Å²) in [5.74, 6) is -1.79. The number of carbonyl (C=O) groups excluding carboxylic acids is 1. The number of nitrogens with two attached hydrogens (primary N) is 1. The summed E-state index contributed by atoms with van der Waals surface area (Å²) >= 11 is 1.96. The Balaban J connectivity index is 0.000000295. The Bertz CT molecular complexity index is 1820. The number of carbonyl (C=O) groups is 1. The topological polar surface area (TPSA) is 157 Å². The van der Waals surface area contributed by atoms with E-state index in [1.54, 1.807) is 29.4 Å². The second-order valence-corrected chi connectivity index (χ2v) is 15.1. The molecule has 1 atom stereocenters. The van der Waals surface area contributed by atoms with E-state index in [0.717, 1.165) is 17.7 Å². The van der Waals surface area contributed by atoms with Gasteiger partial charge < -0.3 is 25.5 Å². The fraction of sp³-hybridized carbons (Fsp3) is 0.371. The number of aromatic nitrogens is 2. The van der Waals surface area contributed by atoms with Gasteiger partial charge in [0.25, 0.3) is 16.0 Å². The van der Waals surface area contributed by atoms with Crippen molar-refractivity contribution in [2.45, 2.75) is 83.3 Å². The maximum atomic E-state index is 14.2. The Morgan fingerprint density at radius 2 is 1.63 bits per heavy atom. The van der Waals surface area contributed by atoms with E-state index in [0.29, 0.717) is 27.2 Å². The van der Waals surface area contributed by atoms with Crippen molar-refractivity contribution in [2.24, 2.45) is 5.73 Å². The molecular weight excluding hydrogens is 769 g/mol. The summed E-state index contributed by atoms with van der Waals surface area (Å²) in [6, 6.07) is 10.3. The van der Waals surface area contributed by atoms with Crippen molar-refractivity contribution in [3.05, 3.63) is 98.6 Å². The number of hydrogen-bond acceptors (Lipinski definition) is 7. The molecule has 3 aromatic carbocycles. The molecule has 4 aromatic rings. The average molecular weight is 813 g/mol. The van der Waals surface area contributed by atoms with Gasteiger partial charge in [-0.25, -0.2) is 13.8 Å². The third-order valence-electron chi connectivity index (χ3n) is 7.54. The van der Waals surface area contributed by atoms with Crippen LogP contribution in [0.1, 0.15) is 92.8 Å². The Labute approximate surface area is 300 Å². The smallest absolute Gasteiger partial charge is 0.295 e. The van der Waals surface area contributed by atoms with E-state index in [2.05, 4.69) is 24.1 Å². The van der Waals surface area contributed by atoms with Crippen LogP contribution >= 0.6 is 22.6 Å². The lowest BCUT2D eigenvalue weighted by Crippen LogP contribution is -2.20. The minimum absolute atomic E-state index is 0.0108. The van der Waals surface area contributed by atoms with Gasteiger partial charge in [0.1, 0.15) is 27.8 Å². The molecule has 0 bridgehead atoms. The monoisotopic (exact) mass is 812 g/mol. The van der Waals surface area contributed by atoms with Crippen LogP contribution in [0.4, 0.5) is 20.2 Å². The second kappa shape index (κ2) is 17.4. The summed E-state index contributed by atoms with van der Waals surface area (Å²) in [6.45, 7) is 12.3. The van der Waals surface area contributed by atoms with Crippen LogP contribution in [-0.2, 0) is 16.7 Å². The number of hydrogen-bond donors (Lipinski definition) is 4. The third-order valence-corrected chi connectivity index (χ3v) is 9.20. The van der Waals surface area contributed by atoms with E-state index < -0.39 is 33.8 Å². The van der Waals surface area contributed by atoms with Crippen LogP contribution in [0.25, 0.3) is 0 Å². The molecule has 5 N–H and O–H groups in total. The number of anilines is 2. The number of halogens is 3. The summed E-state index contributed by atoms with van der Waals surface area (Å²) in [5.41, 5.74) is 7.92. The van der Waals surface area contributed by atoms with Crippen molar-refractivity contribution < 1.29 is 36.4 Å². The number of amides is 1. The fourth-order valence-electron chi connectivity index (χ4n) is 5.01. The highest BCUT2D eigenvalue weighted by Gasteiger charge is 2.25. The van der Waals surface area contributed by atoms with Crippen molar-refractivity contribution in [3.8, 4) is 5.75 Å². The third kappa shape index (κ3) is 11.2. The fourth-order valence-corrected chi connectivity index (χ4v) is 6.64. The zero-order valence-corrected chi connectivity index (χ0v) is 31.2. The number of rotatable bonds is 13. The van der Waals surface area contributed by atoms with Crippen LogP contribution in [-0.4, -0.2) is 46.2 Å². The van der Waals surface area contributed by atoms with Crippen molar-refractivity contribution >= 4 is 50.0 Å². The van der Waals surface area contributed by atoms with Gasteiger partial charge >= 0.3 is 0 Å². The Morgan fingerprint density at radius 3 is 2.12 bits per heavy atom. The number of imidazole rings is 1. The first kappa shape index (κ1) is 39.8. The molecule has 0 aliphatic rings. The van der Waals surface area contributed by atoms with Gasteiger partial charge in [0.05, 0.1) is 30.4 Å². The molecule has 0 spiro atoms. The largest absolute Gasteiger partial charge is 0.492 e. The molecule has 1 amide bonds. The van der Waals surface area contributed by atoms with Crippen molar-refractivity contribution in [3.63, 3.8) is 0 Å². The molecule has 266 valence electrons. The highest BCUT2D eigenvalue weighted by molar-refractivity contribution is 14.1. The zero-order valence-electron chi connectivity index (χ0n) is 28.2. The maximum Gasteiger partial charge on any atom is 0.295 e. The lowest BCUT2D eigenvalue weighted by atomic mass is 9.89. The minimum Gasteiger partial charge on any atom is -0.492 e. The van der Waals surface area contributed by atoms with Crippen LogP contribution in [0.5, 0.6) is 5.75 Å². The van der Waals surface area contributed by atoms with Crippen molar-refractivity contribution in [2.75, 3.05) is 11.9 Å². The van der Waals surface area contributed by atoms with E-state index in [1.807, 2.05) is 62.4 Å². The molecular formula is C35H43F2IN4O6S. The molecule has 0 aliphatic carbocycles. The van der Waals surface area contributed by atoms with E-state index in [4.69, 9.17) is 10.5 Å². The molecule has 10 nitrogen and oxygen atoms in total. The average Bonchev–Trinajstić information content (AvgIpc) is 3.50. The molecule has 0 saturated carbocycles. The number of nitrogens with one attached hydrogen (secondary N) is 1. The number of ether oxygens (including phenoxy) is 1. The Kier molecular flexibility index (Phi) is 14.1. The van der Waals surface area contributed by atoms with Gasteiger partial charge in [-0.1, -0.05) is 53.7 Å². The second-order valence-electron chi connectivity index (χ2n) is 12.5. The molecule has 14 heteroatoms. The van der Waals surface area contributed by atoms with Crippen LogP contribution in [0.3, 0.4) is 0 Å². The Hall–Kier alpha value is -3.60. The number of aliphatic hydroxyl groups excluding tert-OH is 1. The van der Waals surface area contributed by atoms with Gasteiger partial charge in [-0.15, -0.1) is 0 Å². The quantitative estimate of drug-likeness (QED) is 0.0790. The highest BCUT2D eigenvalue weighted by Crippen LogP contribution is 2.35. The number of nitrogens with zero attached hydrogens (tertiary/aromatic N) is 2. The number of primary amides is 1. The normalized spacial score (nSPS) is 12.2. The van der Waals surface area contributed by atoms with Crippen LogP contribution in [0.15, 0.2) is 66.1 Å². The Morgan fingerprint density at radius 1 is 1.00 bits per heavy atom. The number of benzene rings is 3. The highest BCUT2D eigenvalue weighted by atomic mass is 127. The molecule has 0 radical (unpaired) electrons. The molecule has 1 heterocycles. The summed E-state index contributed by atoms with van der Waals surface area (Å²) in [4.78, 5) is 16.0. The van der Waals surface area contributed by atoms with E-state index in [1.165, 1.54) is 12.1 Å². The van der Waals surface area contributed by atoms with E-state index in [9.17, 15) is 31.7 Å². The molecule has 0 fully saturated rings. The lowest BCUT2D eigenvalue weighted by molar-refractivity contribution is 0.0994. The number of aliphatic hydroxyl groups is 1. The van der Waals surface area contributed by atoms with Gasteiger partial charge in [-0.2, -0.15) is 8.42 Å². The van der Waals surface area contributed by atoms with Gasteiger partial charge in [0.15, 0.2) is 0 Å². The van der Waals surface area contributed by atoms with Crippen LogP contribution in [0, 0.1) is 15.2 Å². The van der Waals surface area contributed by atoms with E-state index >= 15 is 0 Å². The molecule has 4 rings (SSSR count). The first-order chi connectivity index (χ1) is 22.9. The SMILES string of the molecule is CC(C)c1cc(C(C)C)c(S(=O)(=O)O)c(C(C)C)c1.NC(=O)c1c(Nc2ccc(I)cc2F)cc(F)cc1OCC[C@@H](O)Cn1ccnc1. The van der Waals surface area contributed by atoms with Crippen LogP contribution < -0.4 is 15.8 Å². The van der Waals surface area contributed by atoms with Gasteiger partial charge in [-0.3, -0.25) is 9.35 Å². The van der Waals surface area contributed by atoms with Gasteiger partial charge in [0, 0.05) is 35.0 Å². The molecule has 0 unspecified atom stereocenters. The van der Waals surface area contributed by atoms with Crippen LogP contribution in [0.2, 0.25) is 0 Å². The summed E-state index contributed by atoms with van der Waals surface area (Å²) in [5, 5.41) is 12.8. The minimum atomic E-state index is -4.20. The predicted molar refractivity (Wildman–Crippen MR) is 194 cm³/mol. The zero-order chi connectivity index (χ0) is 36.6. The summed E-state index contributed by atoms with van der Waals surface area (Å²) < 4.78 is 69.2. The summed E-state index contributed by atoms with van der Waals surface area (Å²) in [7, 11) is -4.20. The van der Waals surface area contributed by atoms with E-state index in [-0.39, 0.29) is 52.4 Å². The predicted octanol–water partition coefficient (Wildman–Crippen LogP) is 7.74. The lowest BCUT2D eigenvalue weighted by Gasteiger charge is -2.20. The first-order valence-corrected chi connectivity index (χ1v) is 18.2. The molecule has 49 heavy (non-hydrogen) atoms. The first-order valence-electron chi connectivity index (χ1n) is 15.7. The van der Waals surface area contributed by atoms with Gasteiger partial charge in [0.2, 0.25) is 0 Å². The maximum absolute atomic E-state index is 14.2. The molecule has 0 saturated heterocycles. The molecule has 0 aliphatic heterocycles. The standard InChI is InChI=1S/C20H19F2IN4O3.C15H24O3S/c21-12-7-17(26-16-2-1-13(23)9-15(16)22)19(20(24)29)18(8-12)30-6-3-14(28)10-27-5-4-25-11-27;1-9(2)12-7-13(10(3)4)15(19(16,17)18)14(8-12)11(5)6/h1-2,4-5,7-9,11,14,26,28H,3,6,10H2,(H2,24,29);7-11H,1-6H3,(H,16,17,18)/t14-;/m1./s1. The molecule has 1 aromatic heterocycles. The van der Waals surface area contributed by atoms with Gasteiger partial charge in [-0.05, 0) is 81.3 Å². The summed E-state index contributed by atoms with van der Waals surface area (Å²) in [6.07, 6.45) is 4.37. The van der Waals surface area contributed by atoms with Crippen molar-refractivity contribution in [1.82, 2.24) is 9.55 Å².